The first-order valence-electron chi connectivity index (χ1n) is 6.81. The van der Waals surface area contributed by atoms with E-state index in [0.29, 0.717) is 17.9 Å². The van der Waals surface area contributed by atoms with Crippen LogP contribution in [0.5, 0.6) is 0 Å². The van der Waals surface area contributed by atoms with E-state index in [0.717, 1.165) is 16.5 Å². The number of fused-ring (bicyclic) bond motifs is 1. The zero-order valence-electron chi connectivity index (χ0n) is 11.8. The molecule has 3 rings (SSSR count). The number of benzene rings is 2. The predicted octanol–water partition coefficient (Wildman–Crippen LogP) is 2.84. The van der Waals surface area contributed by atoms with E-state index in [-0.39, 0.29) is 6.61 Å². The highest BCUT2D eigenvalue weighted by molar-refractivity contribution is 5.87. The Bertz CT molecular complexity index is 784. The zero-order valence-corrected chi connectivity index (χ0v) is 11.8. The van der Waals surface area contributed by atoms with Gasteiger partial charge in [0.15, 0.2) is 11.4 Å². The number of hydrogen-bond donors (Lipinski definition) is 2. The summed E-state index contributed by atoms with van der Waals surface area (Å²) < 4.78 is 10.2. The van der Waals surface area contributed by atoms with Crippen molar-refractivity contribution in [2.75, 3.05) is 5.73 Å². The van der Waals surface area contributed by atoms with Crippen LogP contribution >= 0.6 is 0 Å². The molecule has 1 heterocycles. The standard InChI is InChI=1S/C16H15N3O3/c17-15-13-7-6-12(8-14(13)22-19-15)9-18-16(20)21-10-11-4-2-1-3-5-11/h1-8H,9-10H2,(H2,17,19)(H,18,20). The highest BCUT2D eigenvalue weighted by atomic mass is 16.5. The van der Waals surface area contributed by atoms with Crippen molar-refractivity contribution in [1.29, 1.82) is 0 Å². The zero-order chi connectivity index (χ0) is 15.4. The normalized spacial score (nSPS) is 10.5. The van der Waals surface area contributed by atoms with Crippen molar-refractivity contribution in [3.63, 3.8) is 0 Å². The van der Waals surface area contributed by atoms with Gasteiger partial charge >= 0.3 is 6.09 Å². The summed E-state index contributed by atoms with van der Waals surface area (Å²) in [5.74, 6) is 0.358. The summed E-state index contributed by atoms with van der Waals surface area (Å²) in [6.07, 6.45) is -0.471. The number of nitrogen functional groups attached to an aromatic ring is 1. The minimum Gasteiger partial charge on any atom is -0.445 e. The Morgan fingerprint density at radius 3 is 2.82 bits per heavy atom. The van der Waals surface area contributed by atoms with Crippen LogP contribution in [0, 0.1) is 0 Å². The van der Waals surface area contributed by atoms with Gasteiger partial charge in [-0.05, 0) is 23.3 Å². The highest BCUT2D eigenvalue weighted by Gasteiger charge is 2.07. The highest BCUT2D eigenvalue weighted by Crippen LogP contribution is 2.21. The van der Waals surface area contributed by atoms with E-state index < -0.39 is 6.09 Å². The number of alkyl carbamates (subject to hydrolysis) is 1. The number of carbonyl (C=O) groups is 1. The number of nitrogens with zero attached hydrogens (tertiary/aromatic N) is 1. The molecule has 2 aromatic carbocycles. The van der Waals surface area contributed by atoms with E-state index in [1.54, 1.807) is 6.07 Å². The first-order valence-corrected chi connectivity index (χ1v) is 6.81. The molecule has 6 heteroatoms. The third kappa shape index (κ3) is 3.17. The van der Waals surface area contributed by atoms with Crippen LogP contribution in [0.2, 0.25) is 0 Å². The van der Waals surface area contributed by atoms with E-state index in [9.17, 15) is 4.79 Å². The minimum absolute atomic E-state index is 0.240. The smallest absolute Gasteiger partial charge is 0.407 e. The Labute approximate surface area is 126 Å². The topological polar surface area (TPSA) is 90.4 Å². The molecular weight excluding hydrogens is 282 g/mol. The summed E-state index contributed by atoms with van der Waals surface area (Å²) in [6, 6.07) is 15.0. The molecule has 0 unspecified atom stereocenters. The Hall–Kier alpha value is -3.02. The lowest BCUT2D eigenvalue weighted by Crippen LogP contribution is -2.23. The maximum absolute atomic E-state index is 11.7. The monoisotopic (exact) mass is 297 g/mol. The third-order valence-electron chi connectivity index (χ3n) is 3.21. The van der Waals surface area contributed by atoms with E-state index >= 15 is 0 Å². The molecule has 112 valence electrons. The molecule has 0 bridgehead atoms. The van der Waals surface area contributed by atoms with Gasteiger partial charge in [0.1, 0.15) is 6.61 Å². The molecule has 6 nitrogen and oxygen atoms in total. The number of amides is 1. The van der Waals surface area contributed by atoms with Crippen molar-refractivity contribution in [3.8, 4) is 0 Å². The summed E-state index contributed by atoms with van der Waals surface area (Å²) >= 11 is 0. The van der Waals surface area contributed by atoms with Gasteiger partial charge in [-0.2, -0.15) is 0 Å². The summed E-state index contributed by atoms with van der Waals surface area (Å²) in [4.78, 5) is 11.7. The van der Waals surface area contributed by atoms with Crippen LogP contribution in [-0.4, -0.2) is 11.2 Å². The second kappa shape index (κ2) is 6.17. The molecule has 0 saturated carbocycles. The van der Waals surface area contributed by atoms with Gasteiger partial charge in [0, 0.05) is 6.54 Å². The maximum Gasteiger partial charge on any atom is 0.407 e. The number of nitrogens with one attached hydrogen (secondary N) is 1. The fraction of sp³-hybridized carbons (Fsp3) is 0.125. The van der Waals surface area contributed by atoms with Crippen molar-refractivity contribution >= 4 is 22.9 Å². The first-order chi connectivity index (χ1) is 10.7. The molecule has 0 atom stereocenters. The Kier molecular flexibility index (Phi) is 3.91. The van der Waals surface area contributed by atoms with Crippen LogP contribution in [0.15, 0.2) is 53.1 Å². The minimum atomic E-state index is -0.471. The number of carbonyl (C=O) groups excluding carboxylic acids is 1. The van der Waals surface area contributed by atoms with Gasteiger partial charge < -0.3 is 20.3 Å². The van der Waals surface area contributed by atoms with Crippen molar-refractivity contribution in [2.45, 2.75) is 13.2 Å². The summed E-state index contributed by atoms with van der Waals surface area (Å²) in [6.45, 7) is 0.578. The first kappa shape index (κ1) is 13.9. The molecule has 22 heavy (non-hydrogen) atoms. The number of aromatic nitrogens is 1. The number of rotatable bonds is 4. The Morgan fingerprint density at radius 2 is 2.00 bits per heavy atom. The second-order valence-corrected chi connectivity index (χ2v) is 4.81. The lowest BCUT2D eigenvalue weighted by Gasteiger charge is -2.07. The number of ether oxygens (including phenoxy) is 1. The average Bonchev–Trinajstić information content (AvgIpc) is 2.93. The largest absolute Gasteiger partial charge is 0.445 e. The van der Waals surface area contributed by atoms with E-state index in [2.05, 4.69) is 10.5 Å². The van der Waals surface area contributed by atoms with Gasteiger partial charge in [0.05, 0.1) is 5.39 Å². The SMILES string of the molecule is Nc1noc2cc(CNC(=O)OCc3ccccc3)ccc12. The van der Waals surface area contributed by atoms with E-state index in [1.807, 2.05) is 42.5 Å². The molecular formula is C16H15N3O3. The molecule has 0 saturated heterocycles. The van der Waals surface area contributed by atoms with Crippen molar-refractivity contribution < 1.29 is 14.1 Å². The van der Waals surface area contributed by atoms with Crippen LogP contribution in [0.3, 0.4) is 0 Å². The van der Waals surface area contributed by atoms with Crippen LogP contribution in [0.25, 0.3) is 11.0 Å². The van der Waals surface area contributed by atoms with Gasteiger partial charge in [-0.15, -0.1) is 0 Å². The predicted molar refractivity (Wildman–Crippen MR) is 81.9 cm³/mol. The van der Waals surface area contributed by atoms with Gasteiger partial charge in [-0.1, -0.05) is 41.6 Å². The lowest BCUT2D eigenvalue weighted by atomic mass is 10.1. The fourth-order valence-corrected chi connectivity index (χ4v) is 2.06. The second-order valence-electron chi connectivity index (χ2n) is 4.81. The van der Waals surface area contributed by atoms with E-state index in [4.69, 9.17) is 15.0 Å². The molecule has 1 amide bonds. The average molecular weight is 297 g/mol. The quantitative estimate of drug-likeness (QED) is 0.772. The molecule has 0 fully saturated rings. The van der Waals surface area contributed by atoms with Gasteiger partial charge in [0.25, 0.3) is 0 Å². The van der Waals surface area contributed by atoms with Gasteiger partial charge in [0.2, 0.25) is 0 Å². The molecule has 0 aliphatic heterocycles. The van der Waals surface area contributed by atoms with Gasteiger partial charge in [-0.3, -0.25) is 0 Å². The molecule has 0 radical (unpaired) electrons. The third-order valence-corrected chi connectivity index (χ3v) is 3.21. The van der Waals surface area contributed by atoms with E-state index in [1.165, 1.54) is 0 Å². The number of hydrogen-bond acceptors (Lipinski definition) is 5. The molecule has 0 aliphatic rings. The number of anilines is 1. The molecule has 0 aliphatic carbocycles. The van der Waals surface area contributed by atoms with Crippen LogP contribution < -0.4 is 11.1 Å². The molecule has 1 aromatic heterocycles. The number of nitrogens with two attached hydrogens (primary N) is 1. The van der Waals surface area contributed by atoms with Gasteiger partial charge in [-0.25, -0.2) is 4.79 Å². The molecule has 0 spiro atoms. The molecule has 3 aromatic rings. The van der Waals surface area contributed by atoms with Crippen molar-refractivity contribution in [2.24, 2.45) is 0 Å². The Morgan fingerprint density at radius 1 is 1.18 bits per heavy atom. The van der Waals surface area contributed by atoms with Crippen LogP contribution in [-0.2, 0) is 17.9 Å². The van der Waals surface area contributed by atoms with Crippen LogP contribution in [0.4, 0.5) is 10.6 Å². The van der Waals surface area contributed by atoms with Crippen molar-refractivity contribution in [3.05, 3.63) is 59.7 Å². The van der Waals surface area contributed by atoms with Crippen molar-refractivity contribution in [1.82, 2.24) is 10.5 Å². The lowest BCUT2D eigenvalue weighted by molar-refractivity contribution is 0.139. The fourth-order valence-electron chi connectivity index (χ4n) is 2.06. The van der Waals surface area contributed by atoms with Crippen LogP contribution in [0.1, 0.15) is 11.1 Å². The summed E-state index contributed by atoms with van der Waals surface area (Å²) in [5.41, 5.74) is 8.06. The summed E-state index contributed by atoms with van der Waals surface area (Å²) in [5, 5.41) is 7.13. The molecule has 3 N–H and O–H groups in total. The Balaban J connectivity index is 1.53. The summed E-state index contributed by atoms with van der Waals surface area (Å²) in [7, 11) is 0. The maximum atomic E-state index is 11.7.